The Balaban J connectivity index is 1.82. The number of halogens is 4. The molecule has 2 nitrogen and oxygen atoms in total. The zero-order valence-corrected chi connectivity index (χ0v) is 18.0. The molecule has 140 valence electrons. The molecule has 0 radical (unpaired) electrons. The highest BCUT2D eigenvalue weighted by Crippen LogP contribution is 2.39. The van der Waals surface area contributed by atoms with Crippen molar-refractivity contribution in [2.45, 2.75) is 23.3 Å². The van der Waals surface area contributed by atoms with Gasteiger partial charge in [0, 0.05) is 21.4 Å². The van der Waals surface area contributed by atoms with Crippen molar-refractivity contribution in [1.29, 1.82) is 0 Å². The molecule has 3 aromatic rings. The van der Waals surface area contributed by atoms with Crippen LogP contribution in [0, 0.1) is 6.92 Å². The van der Waals surface area contributed by atoms with Gasteiger partial charge in [0.25, 0.3) is 0 Å². The summed E-state index contributed by atoms with van der Waals surface area (Å²) in [6.07, 6.45) is 0. The highest BCUT2D eigenvalue weighted by molar-refractivity contribution is 7.99. The molecule has 0 amide bonds. The van der Waals surface area contributed by atoms with Gasteiger partial charge < -0.3 is 10.4 Å². The molecule has 3 aromatic carbocycles. The van der Waals surface area contributed by atoms with E-state index in [2.05, 4.69) is 5.32 Å². The second kappa shape index (κ2) is 8.85. The van der Waals surface area contributed by atoms with Crippen LogP contribution in [0.3, 0.4) is 0 Å². The van der Waals surface area contributed by atoms with Crippen LogP contribution in [0.25, 0.3) is 0 Å². The molecule has 0 saturated carbocycles. The van der Waals surface area contributed by atoms with Crippen LogP contribution in [0.15, 0.2) is 58.3 Å². The smallest absolute Gasteiger partial charge is 0.157 e. The van der Waals surface area contributed by atoms with Crippen molar-refractivity contribution in [3.05, 3.63) is 79.7 Å². The summed E-state index contributed by atoms with van der Waals surface area (Å²) in [4.78, 5) is 2.05. The first kappa shape index (κ1) is 20.5. The minimum Gasteiger partial charge on any atom is -0.504 e. The molecule has 7 heteroatoms. The molecule has 3 rings (SSSR count). The standard InChI is InChI=1S/C20H15Cl4NOS/c1-11-15(22)9-17(20(26)19(11)24)25-10-12-4-2-3-5-18(12)27-13-6-7-14(21)16(23)8-13/h2-9,25-26H,10H2,1H3. The van der Waals surface area contributed by atoms with Gasteiger partial charge in [-0.15, -0.1) is 0 Å². The van der Waals surface area contributed by atoms with Crippen molar-refractivity contribution < 1.29 is 5.11 Å². The Kier molecular flexibility index (Phi) is 6.72. The molecule has 0 fully saturated rings. The van der Waals surface area contributed by atoms with Crippen LogP contribution in [-0.4, -0.2) is 5.11 Å². The summed E-state index contributed by atoms with van der Waals surface area (Å²) in [5.41, 5.74) is 2.20. The zero-order valence-electron chi connectivity index (χ0n) is 14.2. The Labute approximate surface area is 182 Å². The van der Waals surface area contributed by atoms with E-state index < -0.39 is 0 Å². The van der Waals surface area contributed by atoms with Gasteiger partial charge in [0.15, 0.2) is 5.75 Å². The van der Waals surface area contributed by atoms with Gasteiger partial charge in [-0.1, -0.05) is 76.4 Å². The fourth-order valence-electron chi connectivity index (χ4n) is 2.45. The van der Waals surface area contributed by atoms with Gasteiger partial charge in [-0.3, -0.25) is 0 Å². The number of benzene rings is 3. The van der Waals surface area contributed by atoms with E-state index in [1.165, 1.54) is 0 Å². The first-order valence-electron chi connectivity index (χ1n) is 7.99. The number of aromatic hydroxyl groups is 1. The van der Waals surface area contributed by atoms with Crippen molar-refractivity contribution >= 4 is 63.9 Å². The van der Waals surface area contributed by atoms with Gasteiger partial charge in [-0.25, -0.2) is 0 Å². The third kappa shape index (κ3) is 4.79. The predicted octanol–water partition coefficient (Wildman–Crippen LogP) is 8.08. The quantitative estimate of drug-likeness (QED) is 0.379. The largest absolute Gasteiger partial charge is 0.504 e. The normalized spacial score (nSPS) is 10.9. The molecule has 0 aliphatic carbocycles. The van der Waals surface area contributed by atoms with Crippen LogP contribution in [0.2, 0.25) is 20.1 Å². The van der Waals surface area contributed by atoms with E-state index in [-0.39, 0.29) is 10.8 Å². The van der Waals surface area contributed by atoms with E-state index >= 15 is 0 Å². The Morgan fingerprint density at radius 2 is 1.67 bits per heavy atom. The molecule has 0 aliphatic heterocycles. The maximum Gasteiger partial charge on any atom is 0.157 e. The minimum atomic E-state index is -0.00631. The second-order valence-electron chi connectivity index (χ2n) is 5.83. The SMILES string of the molecule is Cc1c(Cl)cc(NCc2ccccc2Sc2ccc(Cl)c(Cl)c2)c(O)c1Cl. The highest BCUT2D eigenvalue weighted by Gasteiger charge is 2.13. The monoisotopic (exact) mass is 457 g/mol. The number of phenols is 1. The summed E-state index contributed by atoms with van der Waals surface area (Å²) in [6.45, 7) is 2.26. The number of nitrogens with one attached hydrogen (secondary N) is 1. The maximum atomic E-state index is 10.3. The summed E-state index contributed by atoms with van der Waals surface area (Å²) in [5, 5.41) is 15.3. The van der Waals surface area contributed by atoms with Gasteiger partial charge in [-0.2, -0.15) is 0 Å². The van der Waals surface area contributed by atoms with Crippen molar-refractivity contribution in [3.63, 3.8) is 0 Å². The molecule has 0 unspecified atom stereocenters. The third-order valence-electron chi connectivity index (χ3n) is 3.98. The molecule has 27 heavy (non-hydrogen) atoms. The van der Waals surface area contributed by atoms with Crippen LogP contribution in [0.5, 0.6) is 5.75 Å². The molecule has 0 bridgehead atoms. The van der Waals surface area contributed by atoms with Gasteiger partial charge in [0.05, 0.1) is 20.8 Å². The lowest BCUT2D eigenvalue weighted by Gasteiger charge is -2.14. The number of rotatable bonds is 5. The molecule has 0 aliphatic rings. The predicted molar refractivity (Wildman–Crippen MR) is 117 cm³/mol. The maximum absolute atomic E-state index is 10.3. The molecule has 0 saturated heterocycles. The average Bonchev–Trinajstić information content (AvgIpc) is 2.66. The fourth-order valence-corrected chi connectivity index (χ4v) is 4.25. The molecule has 0 atom stereocenters. The van der Waals surface area contributed by atoms with Gasteiger partial charge in [0.1, 0.15) is 0 Å². The van der Waals surface area contributed by atoms with Crippen LogP contribution in [0.1, 0.15) is 11.1 Å². The van der Waals surface area contributed by atoms with E-state index in [4.69, 9.17) is 46.4 Å². The summed E-state index contributed by atoms with van der Waals surface area (Å²) < 4.78 is 0. The zero-order chi connectivity index (χ0) is 19.6. The summed E-state index contributed by atoms with van der Waals surface area (Å²) in [5.74, 6) is -0.00631. The molecule has 0 aromatic heterocycles. The number of anilines is 1. The Morgan fingerprint density at radius 1 is 0.926 bits per heavy atom. The van der Waals surface area contributed by atoms with Crippen LogP contribution >= 0.6 is 58.2 Å². The van der Waals surface area contributed by atoms with E-state index in [0.717, 1.165) is 15.4 Å². The number of hydrogen-bond donors (Lipinski definition) is 2. The second-order valence-corrected chi connectivity index (χ2v) is 8.55. The van der Waals surface area contributed by atoms with Gasteiger partial charge in [-0.05, 0) is 48.4 Å². The first-order valence-corrected chi connectivity index (χ1v) is 10.3. The van der Waals surface area contributed by atoms with Crippen molar-refractivity contribution in [2.24, 2.45) is 0 Å². The lowest BCUT2D eigenvalue weighted by atomic mass is 10.2. The Morgan fingerprint density at radius 3 is 2.41 bits per heavy atom. The minimum absolute atomic E-state index is 0.00631. The van der Waals surface area contributed by atoms with E-state index in [1.807, 2.05) is 36.4 Å². The van der Waals surface area contributed by atoms with Crippen molar-refractivity contribution in [1.82, 2.24) is 0 Å². The van der Waals surface area contributed by atoms with Crippen molar-refractivity contribution in [2.75, 3.05) is 5.32 Å². The topological polar surface area (TPSA) is 32.3 Å². The van der Waals surface area contributed by atoms with Crippen LogP contribution in [0.4, 0.5) is 5.69 Å². The average molecular weight is 459 g/mol. The van der Waals surface area contributed by atoms with Gasteiger partial charge >= 0.3 is 0 Å². The van der Waals surface area contributed by atoms with Gasteiger partial charge in [0.2, 0.25) is 0 Å². The third-order valence-corrected chi connectivity index (χ3v) is 6.68. The molecular weight excluding hydrogens is 444 g/mol. The Hall–Kier alpha value is -1.23. The summed E-state index contributed by atoms with van der Waals surface area (Å²) >= 11 is 26.0. The molecular formula is C20H15Cl4NOS. The van der Waals surface area contributed by atoms with Crippen LogP contribution < -0.4 is 5.32 Å². The highest BCUT2D eigenvalue weighted by atomic mass is 35.5. The van der Waals surface area contributed by atoms with Crippen molar-refractivity contribution in [3.8, 4) is 5.75 Å². The molecule has 0 spiro atoms. The van der Waals surface area contributed by atoms with Crippen LogP contribution in [-0.2, 0) is 6.54 Å². The number of phenolic OH excluding ortho intramolecular Hbond substituents is 1. The summed E-state index contributed by atoms with van der Waals surface area (Å²) in [7, 11) is 0. The number of hydrogen-bond acceptors (Lipinski definition) is 3. The first-order chi connectivity index (χ1) is 12.9. The van der Waals surface area contributed by atoms with E-state index in [9.17, 15) is 5.11 Å². The van der Waals surface area contributed by atoms with E-state index in [0.29, 0.717) is 32.9 Å². The summed E-state index contributed by atoms with van der Waals surface area (Å²) in [6, 6.07) is 15.2. The molecule has 0 heterocycles. The fraction of sp³-hybridized carbons (Fsp3) is 0.100. The Bertz CT molecular complexity index is 994. The van der Waals surface area contributed by atoms with E-state index in [1.54, 1.807) is 30.8 Å². The lowest BCUT2D eigenvalue weighted by Crippen LogP contribution is -2.02. The molecule has 2 N–H and O–H groups in total. The lowest BCUT2D eigenvalue weighted by molar-refractivity contribution is 0.477.